The molecule has 4 rings (SSSR count). The minimum atomic E-state index is -1.19. The number of piperidine rings is 1. The number of hydrogen-bond acceptors (Lipinski definition) is 7. The van der Waals surface area contributed by atoms with Gasteiger partial charge in [-0.05, 0) is 58.5 Å². The number of ether oxygens (including phenoxy) is 3. The highest BCUT2D eigenvalue weighted by Gasteiger charge is 2.45. The van der Waals surface area contributed by atoms with Crippen LogP contribution in [0, 0.1) is 0 Å². The highest BCUT2D eigenvalue weighted by molar-refractivity contribution is 6.76. The molecule has 0 saturated carbocycles. The molecule has 0 aliphatic carbocycles. The molecule has 3 atom stereocenters. The zero-order valence-corrected chi connectivity index (χ0v) is 28.9. The second kappa shape index (κ2) is 12.7. The minimum Gasteiger partial charge on any atom is -0.444 e. The van der Waals surface area contributed by atoms with E-state index < -0.39 is 21.7 Å². The lowest BCUT2D eigenvalue weighted by Crippen LogP contribution is -2.48. The number of aromatic nitrogens is 3. The first-order chi connectivity index (χ1) is 19.1. The summed E-state index contributed by atoms with van der Waals surface area (Å²) in [5, 5.41) is 4.62. The Kier molecular flexibility index (Phi) is 9.92. The molecular formula is C30H53N5O4Si2. The molecule has 2 aliphatic heterocycles. The van der Waals surface area contributed by atoms with Crippen molar-refractivity contribution in [2.75, 3.05) is 31.6 Å². The molecule has 0 aromatic carbocycles. The van der Waals surface area contributed by atoms with Crippen LogP contribution in [-0.2, 0) is 14.2 Å². The molecule has 2 saturated heterocycles. The lowest BCUT2D eigenvalue weighted by atomic mass is 9.88. The average molecular weight is 604 g/mol. The Labute approximate surface area is 248 Å². The zero-order chi connectivity index (χ0) is 30.0. The van der Waals surface area contributed by atoms with Crippen molar-refractivity contribution in [2.24, 2.45) is 0 Å². The summed E-state index contributed by atoms with van der Waals surface area (Å²) in [7, 11) is -2.39. The van der Waals surface area contributed by atoms with Crippen LogP contribution in [0.15, 0.2) is 18.3 Å². The zero-order valence-electron chi connectivity index (χ0n) is 26.9. The van der Waals surface area contributed by atoms with E-state index in [1.54, 1.807) is 6.20 Å². The van der Waals surface area contributed by atoms with E-state index in [1.807, 2.05) is 36.3 Å². The lowest BCUT2D eigenvalue weighted by molar-refractivity contribution is 0.00569. The van der Waals surface area contributed by atoms with Gasteiger partial charge < -0.3 is 24.0 Å². The van der Waals surface area contributed by atoms with Gasteiger partial charge in [-0.15, -0.1) is 0 Å². The van der Waals surface area contributed by atoms with Crippen LogP contribution in [0.5, 0.6) is 0 Å². The second-order valence-corrected chi connectivity index (χ2v) is 26.6. The molecule has 4 heterocycles. The summed E-state index contributed by atoms with van der Waals surface area (Å²) in [6.07, 6.45) is 5.45. The molecule has 0 radical (unpaired) electrons. The van der Waals surface area contributed by atoms with Crippen LogP contribution in [0.25, 0.3) is 5.65 Å². The Morgan fingerprint density at radius 3 is 2.05 bits per heavy atom. The fraction of sp³-hybridized carbons (Fsp3) is 0.767. The third-order valence-electron chi connectivity index (χ3n) is 7.93. The first-order valence-electron chi connectivity index (χ1n) is 15.4. The smallest absolute Gasteiger partial charge is 0.410 e. The Hall–Kier alpha value is -1.96. The largest absolute Gasteiger partial charge is 0.444 e. The van der Waals surface area contributed by atoms with E-state index >= 15 is 0 Å². The maximum absolute atomic E-state index is 13.0. The second-order valence-electron chi connectivity index (χ2n) is 15.3. The Morgan fingerprint density at radius 2 is 1.54 bits per heavy atom. The summed E-state index contributed by atoms with van der Waals surface area (Å²) >= 11 is 0. The summed E-state index contributed by atoms with van der Waals surface area (Å²) in [5.41, 5.74) is 1.39. The number of fused-ring (bicyclic) bond motifs is 3. The molecule has 1 amide bonds. The predicted molar refractivity (Wildman–Crippen MR) is 170 cm³/mol. The van der Waals surface area contributed by atoms with Crippen LogP contribution in [0.2, 0.25) is 51.4 Å². The summed E-state index contributed by atoms with van der Waals surface area (Å²) in [5.74, 6) is 1.21. The van der Waals surface area contributed by atoms with Crippen LogP contribution >= 0.6 is 0 Å². The number of carbonyl (C=O) groups is 1. The van der Waals surface area contributed by atoms with Crippen LogP contribution < -0.4 is 4.90 Å². The van der Waals surface area contributed by atoms with Crippen molar-refractivity contribution in [3.8, 4) is 0 Å². The first kappa shape index (κ1) is 32.0. The van der Waals surface area contributed by atoms with Gasteiger partial charge in [0.15, 0.2) is 5.65 Å². The Bertz CT molecular complexity index is 1130. The molecule has 2 aliphatic rings. The van der Waals surface area contributed by atoms with Gasteiger partial charge in [0.05, 0.1) is 6.20 Å². The molecule has 0 N–H and O–H groups in total. The maximum atomic E-state index is 13.0. The van der Waals surface area contributed by atoms with Crippen LogP contribution in [0.1, 0.15) is 58.1 Å². The molecular weight excluding hydrogens is 551 g/mol. The normalized spacial score (nSPS) is 21.5. The van der Waals surface area contributed by atoms with Crippen LogP contribution in [-0.4, -0.2) is 86.1 Å². The van der Waals surface area contributed by atoms with Crippen molar-refractivity contribution < 1.29 is 19.0 Å². The number of hydrogen-bond donors (Lipinski definition) is 0. The van der Waals surface area contributed by atoms with Crippen LogP contribution in [0.4, 0.5) is 10.6 Å². The first-order valence-corrected chi connectivity index (χ1v) is 22.8. The van der Waals surface area contributed by atoms with Crippen molar-refractivity contribution >= 4 is 33.7 Å². The van der Waals surface area contributed by atoms with Gasteiger partial charge in [0, 0.05) is 65.2 Å². The summed E-state index contributed by atoms with van der Waals surface area (Å²) < 4.78 is 20.1. The van der Waals surface area contributed by atoms with Gasteiger partial charge in [-0.25, -0.2) is 9.78 Å². The highest BCUT2D eigenvalue weighted by atomic mass is 28.3. The van der Waals surface area contributed by atoms with Crippen molar-refractivity contribution in [1.29, 1.82) is 0 Å². The molecule has 2 fully saturated rings. The van der Waals surface area contributed by atoms with Crippen molar-refractivity contribution in [3.05, 3.63) is 24.0 Å². The van der Waals surface area contributed by atoms with E-state index in [0.29, 0.717) is 13.5 Å². The number of nitrogens with zero attached hydrogens (tertiary/aromatic N) is 5. The third kappa shape index (κ3) is 9.02. The number of rotatable bonds is 12. The van der Waals surface area contributed by atoms with E-state index in [9.17, 15) is 4.79 Å². The summed E-state index contributed by atoms with van der Waals surface area (Å²) in [6, 6.07) is 6.76. The van der Waals surface area contributed by atoms with E-state index in [2.05, 4.69) is 55.3 Å². The van der Waals surface area contributed by atoms with Gasteiger partial charge in [-0.2, -0.15) is 9.61 Å². The van der Waals surface area contributed by atoms with Crippen molar-refractivity contribution in [2.45, 2.75) is 121 Å². The molecule has 2 aromatic heterocycles. The van der Waals surface area contributed by atoms with Gasteiger partial charge >= 0.3 is 6.09 Å². The van der Waals surface area contributed by atoms with Crippen molar-refractivity contribution in [3.63, 3.8) is 0 Å². The molecule has 2 aromatic rings. The van der Waals surface area contributed by atoms with Gasteiger partial charge in [-0.1, -0.05) is 39.3 Å². The van der Waals surface area contributed by atoms with Gasteiger partial charge in [0.25, 0.3) is 0 Å². The molecule has 0 spiro atoms. The Balaban J connectivity index is 1.54. The molecule has 9 nitrogen and oxygen atoms in total. The van der Waals surface area contributed by atoms with Gasteiger partial charge in [0.2, 0.25) is 0 Å². The fourth-order valence-corrected chi connectivity index (χ4v) is 7.17. The topological polar surface area (TPSA) is 81.4 Å². The molecule has 2 bridgehead atoms. The average Bonchev–Trinajstić information content (AvgIpc) is 3.42. The maximum Gasteiger partial charge on any atom is 0.410 e. The van der Waals surface area contributed by atoms with E-state index in [0.717, 1.165) is 68.1 Å². The van der Waals surface area contributed by atoms with Crippen molar-refractivity contribution in [1.82, 2.24) is 19.5 Å². The Morgan fingerprint density at radius 1 is 0.976 bits per heavy atom. The van der Waals surface area contributed by atoms with E-state index in [4.69, 9.17) is 19.2 Å². The van der Waals surface area contributed by atoms with E-state index in [1.165, 1.54) is 0 Å². The monoisotopic (exact) mass is 603 g/mol. The molecule has 11 heteroatoms. The number of anilines is 1. The number of amides is 1. The quantitative estimate of drug-likeness (QED) is 0.150. The number of carbonyl (C=O) groups excluding carboxylic acids is 1. The van der Waals surface area contributed by atoms with Gasteiger partial charge in [0.1, 0.15) is 24.9 Å². The lowest BCUT2D eigenvalue weighted by Gasteiger charge is -2.39. The highest BCUT2D eigenvalue weighted by Crippen LogP contribution is 2.44. The van der Waals surface area contributed by atoms with Gasteiger partial charge in [-0.3, -0.25) is 0 Å². The summed E-state index contributed by atoms with van der Waals surface area (Å²) in [4.78, 5) is 22.2. The molecule has 0 unspecified atom stereocenters. The fourth-order valence-electron chi connectivity index (χ4n) is 5.66. The standard InChI is InChI=1S/C30H53N5O4Si2/c1-30(2,3)39-29(36)34-24-10-11-25(34)19-23(18-24)26-20-28(35-27(32-26)12-13-31-35)33(21-37-14-16-40(4,5)6)22-38-15-17-41(7,8)9/h12-13,20,23-25H,10-11,14-19,21-22H2,1-9H3/t23-,24+,25-. The SMILES string of the molecule is CC(C)(C)OC(=O)N1[C@@H]2CC[C@H]1C[C@@H](c1cc(N(COCC[Si](C)(C)C)COCC[Si](C)(C)C)n3nccc3n1)C2. The van der Waals surface area contributed by atoms with E-state index in [-0.39, 0.29) is 24.1 Å². The van der Waals surface area contributed by atoms with Crippen LogP contribution in [0.3, 0.4) is 0 Å². The minimum absolute atomic E-state index is 0.180. The molecule has 41 heavy (non-hydrogen) atoms. The third-order valence-corrected chi connectivity index (χ3v) is 11.3. The predicted octanol–water partition coefficient (Wildman–Crippen LogP) is 6.81. The summed E-state index contributed by atoms with van der Waals surface area (Å²) in [6.45, 7) is 22.4. The molecule has 230 valence electrons.